The number of ether oxygens (including phenoxy) is 1. The van der Waals surface area contributed by atoms with Gasteiger partial charge in [-0.05, 0) is 49.2 Å². The molecule has 1 atom stereocenters. The summed E-state index contributed by atoms with van der Waals surface area (Å²) in [4.78, 5) is 24.0. The number of esters is 1. The first-order chi connectivity index (χ1) is 11.4. The molecule has 0 saturated carbocycles. The molecule has 126 valence electrons. The zero-order chi connectivity index (χ0) is 17.7. The standard InChI is InChI=1S/C18H18FNO4/c1-11-3-8-15(16(21)9-11)18(23)24-12(2)17(22)20-10-13-4-6-14(19)7-5-13/h3-9,12,21H,10H2,1-2H3,(H,20,22)/t12-/m0/s1. The van der Waals surface area contributed by atoms with Crippen molar-refractivity contribution in [3.63, 3.8) is 0 Å². The van der Waals surface area contributed by atoms with E-state index >= 15 is 0 Å². The monoisotopic (exact) mass is 331 g/mol. The van der Waals surface area contributed by atoms with Crippen LogP contribution in [0.25, 0.3) is 0 Å². The van der Waals surface area contributed by atoms with Crippen LogP contribution in [-0.2, 0) is 16.1 Å². The van der Waals surface area contributed by atoms with Crippen molar-refractivity contribution in [2.45, 2.75) is 26.5 Å². The molecular weight excluding hydrogens is 313 g/mol. The Bertz CT molecular complexity index is 743. The van der Waals surface area contributed by atoms with Gasteiger partial charge in [0.05, 0.1) is 0 Å². The van der Waals surface area contributed by atoms with Gasteiger partial charge in [-0.2, -0.15) is 0 Å². The van der Waals surface area contributed by atoms with Gasteiger partial charge in [0.15, 0.2) is 6.10 Å². The SMILES string of the molecule is Cc1ccc(C(=O)O[C@@H](C)C(=O)NCc2ccc(F)cc2)c(O)c1. The number of aryl methyl sites for hydroxylation is 1. The van der Waals surface area contributed by atoms with Gasteiger partial charge in [-0.15, -0.1) is 0 Å². The Labute approximate surface area is 139 Å². The summed E-state index contributed by atoms with van der Waals surface area (Å²) in [6, 6.07) is 10.2. The number of hydrogen-bond donors (Lipinski definition) is 2. The lowest BCUT2D eigenvalue weighted by atomic mass is 10.1. The Hall–Kier alpha value is -2.89. The van der Waals surface area contributed by atoms with Gasteiger partial charge in [0, 0.05) is 6.54 Å². The van der Waals surface area contributed by atoms with Crippen molar-refractivity contribution >= 4 is 11.9 Å². The molecule has 5 nitrogen and oxygen atoms in total. The van der Waals surface area contributed by atoms with Crippen LogP contribution in [0.3, 0.4) is 0 Å². The lowest BCUT2D eigenvalue weighted by Gasteiger charge is -2.14. The van der Waals surface area contributed by atoms with Crippen LogP contribution in [0, 0.1) is 12.7 Å². The predicted molar refractivity (Wildman–Crippen MR) is 86.0 cm³/mol. The van der Waals surface area contributed by atoms with Crippen molar-refractivity contribution in [3.8, 4) is 5.75 Å². The fourth-order valence-corrected chi connectivity index (χ4v) is 2.03. The van der Waals surface area contributed by atoms with Crippen LogP contribution in [0.1, 0.15) is 28.4 Å². The molecule has 2 aromatic rings. The third kappa shape index (κ3) is 4.55. The van der Waals surface area contributed by atoms with Crippen LogP contribution in [0.2, 0.25) is 0 Å². The maximum atomic E-state index is 12.8. The number of halogens is 1. The van der Waals surface area contributed by atoms with Crippen LogP contribution in [-0.4, -0.2) is 23.1 Å². The van der Waals surface area contributed by atoms with E-state index < -0.39 is 18.0 Å². The second kappa shape index (κ2) is 7.59. The van der Waals surface area contributed by atoms with E-state index in [0.717, 1.165) is 11.1 Å². The van der Waals surface area contributed by atoms with E-state index in [1.165, 1.54) is 31.2 Å². The molecule has 24 heavy (non-hydrogen) atoms. The number of phenols is 1. The van der Waals surface area contributed by atoms with Gasteiger partial charge < -0.3 is 15.2 Å². The van der Waals surface area contributed by atoms with E-state index in [4.69, 9.17) is 4.74 Å². The van der Waals surface area contributed by atoms with Crippen molar-refractivity contribution in [1.82, 2.24) is 5.32 Å². The third-order valence-corrected chi connectivity index (χ3v) is 3.41. The van der Waals surface area contributed by atoms with Crippen molar-refractivity contribution in [3.05, 3.63) is 65.0 Å². The second-order valence-electron chi connectivity index (χ2n) is 5.41. The van der Waals surface area contributed by atoms with Gasteiger partial charge >= 0.3 is 5.97 Å². The van der Waals surface area contributed by atoms with E-state index in [0.29, 0.717) is 0 Å². The summed E-state index contributed by atoms with van der Waals surface area (Å²) in [7, 11) is 0. The Morgan fingerprint density at radius 1 is 1.21 bits per heavy atom. The van der Waals surface area contributed by atoms with Crippen molar-refractivity contribution in [2.75, 3.05) is 0 Å². The molecule has 0 aliphatic carbocycles. The Balaban J connectivity index is 1.90. The molecule has 0 radical (unpaired) electrons. The fraction of sp³-hybridized carbons (Fsp3) is 0.222. The molecular formula is C18H18FNO4. The summed E-state index contributed by atoms with van der Waals surface area (Å²) in [6.07, 6.45) is -1.03. The van der Waals surface area contributed by atoms with Crippen LogP contribution < -0.4 is 5.32 Å². The Morgan fingerprint density at radius 2 is 1.88 bits per heavy atom. The zero-order valence-electron chi connectivity index (χ0n) is 13.4. The van der Waals surface area contributed by atoms with E-state index in [1.807, 2.05) is 0 Å². The topological polar surface area (TPSA) is 75.6 Å². The molecule has 0 heterocycles. The molecule has 2 rings (SSSR count). The molecule has 0 unspecified atom stereocenters. The molecule has 0 aliphatic heterocycles. The number of phenolic OH excluding ortho intramolecular Hbond substituents is 1. The minimum absolute atomic E-state index is 0.00113. The average molecular weight is 331 g/mol. The second-order valence-corrected chi connectivity index (χ2v) is 5.41. The third-order valence-electron chi connectivity index (χ3n) is 3.41. The first-order valence-electron chi connectivity index (χ1n) is 7.39. The quantitative estimate of drug-likeness (QED) is 0.826. The highest BCUT2D eigenvalue weighted by molar-refractivity contribution is 5.94. The summed E-state index contributed by atoms with van der Waals surface area (Å²) in [5.41, 5.74) is 1.52. The maximum Gasteiger partial charge on any atom is 0.342 e. The number of rotatable bonds is 5. The number of nitrogens with one attached hydrogen (secondary N) is 1. The molecule has 0 aliphatic rings. The highest BCUT2D eigenvalue weighted by Crippen LogP contribution is 2.19. The number of amides is 1. The summed E-state index contributed by atoms with van der Waals surface area (Å²) in [5, 5.41) is 12.4. The van der Waals surface area contributed by atoms with Gasteiger partial charge in [-0.25, -0.2) is 9.18 Å². The van der Waals surface area contributed by atoms with E-state index in [2.05, 4.69) is 5.32 Å². The minimum atomic E-state index is -1.03. The highest BCUT2D eigenvalue weighted by atomic mass is 19.1. The van der Waals surface area contributed by atoms with Crippen LogP contribution in [0.15, 0.2) is 42.5 Å². The lowest BCUT2D eigenvalue weighted by molar-refractivity contribution is -0.129. The zero-order valence-corrected chi connectivity index (χ0v) is 13.4. The van der Waals surface area contributed by atoms with E-state index in [-0.39, 0.29) is 23.7 Å². The molecule has 0 spiro atoms. The molecule has 2 aromatic carbocycles. The predicted octanol–water partition coefficient (Wildman–Crippen LogP) is 2.70. The van der Waals surface area contributed by atoms with Crippen LogP contribution >= 0.6 is 0 Å². The van der Waals surface area contributed by atoms with E-state index in [9.17, 15) is 19.1 Å². The normalized spacial score (nSPS) is 11.6. The van der Waals surface area contributed by atoms with Crippen molar-refractivity contribution in [1.29, 1.82) is 0 Å². The van der Waals surface area contributed by atoms with Crippen LogP contribution in [0.4, 0.5) is 4.39 Å². The molecule has 0 saturated heterocycles. The summed E-state index contributed by atoms with van der Waals surface area (Å²) in [6.45, 7) is 3.40. The fourth-order valence-electron chi connectivity index (χ4n) is 2.03. The molecule has 0 bridgehead atoms. The molecule has 1 amide bonds. The summed E-state index contributed by atoms with van der Waals surface area (Å²) >= 11 is 0. The molecule has 0 aromatic heterocycles. The van der Waals surface area contributed by atoms with Gasteiger partial charge in [-0.3, -0.25) is 4.79 Å². The Morgan fingerprint density at radius 3 is 2.50 bits per heavy atom. The van der Waals surface area contributed by atoms with Gasteiger partial charge in [0.1, 0.15) is 17.1 Å². The van der Waals surface area contributed by atoms with Crippen molar-refractivity contribution < 1.29 is 23.8 Å². The number of carbonyl (C=O) groups excluding carboxylic acids is 2. The first-order valence-corrected chi connectivity index (χ1v) is 7.39. The molecule has 6 heteroatoms. The number of carbonyl (C=O) groups is 2. The Kier molecular flexibility index (Phi) is 5.52. The van der Waals surface area contributed by atoms with Gasteiger partial charge in [0.2, 0.25) is 0 Å². The smallest absolute Gasteiger partial charge is 0.342 e. The van der Waals surface area contributed by atoms with Gasteiger partial charge in [0.25, 0.3) is 5.91 Å². The van der Waals surface area contributed by atoms with E-state index in [1.54, 1.807) is 25.1 Å². The number of benzene rings is 2. The largest absolute Gasteiger partial charge is 0.507 e. The number of aromatic hydroxyl groups is 1. The van der Waals surface area contributed by atoms with Crippen LogP contribution in [0.5, 0.6) is 5.75 Å². The summed E-state index contributed by atoms with van der Waals surface area (Å²) in [5.74, 6) is -1.82. The maximum absolute atomic E-state index is 12.8. The highest BCUT2D eigenvalue weighted by Gasteiger charge is 2.20. The molecule has 0 fully saturated rings. The lowest BCUT2D eigenvalue weighted by Crippen LogP contribution is -2.35. The summed E-state index contributed by atoms with van der Waals surface area (Å²) < 4.78 is 17.9. The first kappa shape index (κ1) is 17.5. The van der Waals surface area contributed by atoms with Gasteiger partial charge in [-0.1, -0.05) is 18.2 Å². The average Bonchev–Trinajstić information content (AvgIpc) is 2.53. The minimum Gasteiger partial charge on any atom is -0.507 e. The number of hydrogen-bond acceptors (Lipinski definition) is 4. The molecule has 2 N–H and O–H groups in total. The van der Waals surface area contributed by atoms with Crippen molar-refractivity contribution in [2.24, 2.45) is 0 Å².